The minimum absolute atomic E-state index is 0.217. The number of ether oxygens (including phenoxy) is 1. The molecule has 1 aromatic carbocycles. The van der Waals surface area contributed by atoms with Crippen molar-refractivity contribution in [2.45, 2.75) is 33.9 Å². The number of rotatable bonds is 4. The summed E-state index contributed by atoms with van der Waals surface area (Å²) in [5.41, 5.74) is 3.61. The van der Waals surface area contributed by atoms with Gasteiger partial charge in [-0.2, -0.15) is 4.98 Å². The Hall–Kier alpha value is -2.87. The summed E-state index contributed by atoms with van der Waals surface area (Å²) in [4.78, 5) is 32.9. The van der Waals surface area contributed by atoms with Crippen LogP contribution in [0.3, 0.4) is 0 Å². The van der Waals surface area contributed by atoms with Crippen LogP contribution >= 0.6 is 0 Å². The molecule has 0 radical (unpaired) electrons. The number of imidazole rings is 1. The van der Waals surface area contributed by atoms with Gasteiger partial charge in [0.25, 0.3) is 5.56 Å². The van der Waals surface area contributed by atoms with Crippen molar-refractivity contribution in [1.82, 2.24) is 18.7 Å². The van der Waals surface area contributed by atoms with E-state index < -0.39 is 0 Å². The van der Waals surface area contributed by atoms with Gasteiger partial charge < -0.3 is 14.2 Å². The highest BCUT2D eigenvalue weighted by atomic mass is 16.5. The minimum Gasteiger partial charge on any atom is -0.383 e. The molecule has 0 saturated carbocycles. The van der Waals surface area contributed by atoms with E-state index in [4.69, 9.17) is 9.72 Å². The van der Waals surface area contributed by atoms with Crippen LogP contribution in [0.5, 0.6) is 0 Å². The van der Waals surface area contributed by atoms with E-state index in [0.29, 0.717) is 36.2 Å². The van der Waals surface area contributed by atoms with Gasteiger partial charge in [-0.3, -0.25) is 13.9 Å². The molecule has 0 bridgehead atoms. The third-order valence-electron chi connectivity index (χ3n) is 5.48. The van der Waals surface area contributed by atoms with E-state index in [1.165, 1.54) is 20.3 Å². The molecular weight excluding hydrogens is 370 g/mol. The van der Waals surface area contributed by atoms with Crippen molar-refractivity contribution in [3.63, 3.8) is 0 Å². The lowest BCUT2D eigenvalue weighted by atomic mass is 10.1. The van der Waals surface area contributed by atoms with Crippen LogP contribution < -0.4 is 16.1 Å². The number of nitrogens with zero attached hydrogens (tertiary/aromatic N) is 5. The normalized spacial score (nSPS) is 16.4. The number of hydrogen-bond acceptors (Lipinski definition) is 5. The van der Waals surface area contributed by atoms with Crippen molar-refractivity contribution in [3.05, 3.63) is 50.2 Å². The third-order valence-corrected chi connectivity index (χ3v) is 5.48. The summed E-state index contributed by atoms with van der Waals surface area (Å²) in [6.07, 6.45) is 0. The van der Waals surface area contributed by atoms with Gasteiger partial charge in [-0.05, 0) is 43.0 Å². The van der Waals surface area contributed by atoms with Crippen molar-refractivity contribution in [1.29, 1.82) is 0 Å². The second kappa shape index (κ2) is 7.18. The van der Waals surface area contributed by atoms with E-state index in [1.54, 1.807) is 14.2 Å². The molecule has 1 aliphatic heterocycles. The van der Waals surface area contributed by atoms with Gasteiger partial charge in [0.1, 0.15) is 0 Å². The van der Waals surface area contributed by atoms with Crippen LogP contribution in [0.15, 0.2) is 27.8 Å². The quantitative estimate of drug-likeness (QED) is 0.673. The van der Waals surface area contributed by atoms with Gasteiger partial charge in [-0.25, -0.2) is 4.79 Å². The van der Waals surface area contributed by atoms with Crippen molar-refractivity contribution >= 4 is 22.8 Å². The number of aromatic nitrogens is 4. The second-order valence-electron chi connectivity index (χ2n) is 8.05. The molecule has 154 valence electrons. The summed E-state index contributed by atoms with van der Waals surface area (Å²) in [6, 6.07) is 6.40. The fourth-order valence-electron chi connectivity index (χ4n) is 4.21. The van der Waals surface area contributed by atoms with E-state index >= 15 is 0 Å². The Kier molecular flexibility index (Phi) is 4.82. The van der Waals surface area contributed by atoms with Crippen LogP contribution in [0.25, 0.3) is 11.2 Å². The smallest absolute Gasteiger partial charge is 0.332 e. The highest BCUT2D eigenvalue weighted by molar-refractivity contribution is 5.77. The predicted octanol–water partition coefficient (Wildman–Crippen LogP) is 1.95. The summed E-state index contributed by atoms with van der Waals surface area (Å²) in [5.74, 6) is 1.03. The minimum atomic E-state index is -0.374. The Bertz CT molecular complexity index is 1180. The molecule has 0 fully saturated rings. The van der Waals surface area contributed by atoms with Crippen LogP contribution in [0, 0.1) is 19.8 Å². The summed E-state index contributed by atoms with van der Waals surface area (Å²) >= 11 is 0. The molecule has 3 aromatic rings. The molecule has 0 N–H and O–H groups in total. The van der Waals surface area contributed by atoms with E-state index in [2.05, 4.69) is 43.9 Å². The van der Waals surface area contributed by atoms with Gasteiger partial charge in [0, 0.05) is 32.9 Å². The number of benzene rings is 1. The summed E-state index contributed by atoms with van der Waals surface area (Å²) in [5, 5.41) is 0. The molecule has 0 aliphatic carbocycles. The maximum absolute atomic E-state index is 13.2. The molecule has 29 heavy (non-hydrogen) atoms. The fraction of sp³-hybridized carbons (Fsp3) is 0.476. The van der Waals surface area contributed by atoms with Crippen molar-refractivity contribution in [2.75, 3.05) is 25.2 Å². The van der Waals surface area contributed by atoms with Crippen LogP contribution in [-0.4, -0.2) is 38.9 Å². The number of anilines is 2. The average molecular weight is 397 g/mol. The van der Waals surface area contributed by atoms with Crippen LogP contribution in [0.1, 0.15) is 18.1 Å². The zero-order chi connectivity index (χ0) is 20.9. The largest absolute Gasteiger partial charge is 0.383 e. The van der Waals surface area contributed by atoms with Crippen LogP contribution in [-0.2, 0) is 24.9 Å². The molecular formula is C21H27N5O3. The molecule has 0 spiro atoms. The van der Waals surface area contributed by atoms with E-state index in [9.17, 15) is 9.59 Å². The summed E-state index contributed by atoms with van der Waals surface area (Å²) in [6.45, 7) is 8.32. The predicted molar refractivity (Wildman–Crippen MR) is 113 cm³/mol. The molecule has 8 nitrogen and oxygen atoms in total. The number of aryl methyl sites for hydroxylation is 3. The van der Waals surface area contributed by atoms with E-state index in [0.717, 1.165) is 12.2 Å². The van der Waals surface area contributed by atoms with Crippen molar-refractivity contribution in [2.24, 2.45) is 13.0 Å². The summed E-state index contributed by atoms with van der Waals surface area (Å²) in [7, 11) is 3.22. The molecule has 0 unspecified atom stereocenters. The van der Waals surface area contributed by atoms with Gasteiger partial charge in [0.15, 0.2) is 11.2 Å². The Morgan fingerprint density at radius 1 is 1.14 bits per heavy atom. The van der Waals surface area contributed by atoms with E-state index in [1.807, 2.05) is 4.57 Å². The first-order chi connectivity index (χ1) is 13.8. The molecule has 1 atom stereocenters. The molecule has 8 heteroatoms. The first-order valence-corrected chi connectivity index (χ1v) is 9.86. The highest BCUT2D eigenvalue weighted by Crippen LogP contribution is 2.33. The Labute approximate surface area is 169 Å². The van der Waals surface area contributed by atoms with Crippen LogP contribution in [0.4, 0.5) is 11.6 Å². The lowest BCUT2D eigenvalue weighted by Gasteiger charge is -2.33. The van der Waals surface area contributed by atoms with E-state index in [-0.39, 0.29) is 17.8 Å². The standard InChI is InChI=1S/C21H27N5O3/c1-13-8-14(2)10-16(9-13)25-11-15(3)12-26-17-18(22-20(25)26)23(4)21(28)24(19(17)27)6-7-29-5/h8-10,15H,6-7,11-12H2,1-5H3/t15-/m0/s1. The second-order valence-corrected chi connectivity index (χ2v) is 8.05. The first kappa shape index (κ1) is 19.4. The molecule has 0 saturated heterocycles. The van der Waals surface area contributed by atoms with Gasteiger partial charge in [0.2, 0.25) is 5.95 Å². The summed E-state index contributed by atoms with van der Waals surface area (Å²) < 4.78 is 9.74. The first-order valence-electron chi connectivity index (χ1n) is 9.86. The van der Waals surface area contributed by atoms with Gasteiger partial charge in [-0.1, -0.05) is 13.0 Å². The number of hydrogen-bond donors (Lipinski definition) is 0. The maximum Gasteiger partial charge on any atom is 0.332 e. The molecule has 4 rings (SSSR count). The van der Waals surface area contributed by atoms with Crippen molar-refractivity contribution in [3.8, 4) is 0 Å². The maximum atomic E-state index is 13.2. The Balaban J connectivity index is 1.98. The molecule has 2 aromatic heterocycles. The molecule has 3 heterocycles. The lowest BCUT2D eigenvalue weighted by molar-refractivity contribution is 0.184. The van der Waals surface area contributed by atoms with Gasteiger partial charge >= 0.3 is 5.69 Å². The monoisotopic (exact) mass is 397 g/mol. The SMILES string of the molecule is COCCn1c(=O)c2c(nc3n2C[C@@H](C)CN3c2cc(C)cc(C)c2)n(C)c1=O. The fourth-order valence-corrected chi connectivity index (χ4v) is 4.21. The van der Waals surface area contributed by atoms with Gasteiger partial charge in [-0.15, -0.1) is 0 Å². The Morgan fingerprint density at radius 3 is 2.48 bits per heavy atom. The molecule has 1 aliphatic rings. The topological polar surface area (TPSA) is 74.3 Å². The zero-order valence-electron chi connectivity index (χ0n) is 17.6. The third kappa shape index (κ3) is 3.17. The average Bonchev–Trinajstić information content (AvgIpc) is 3.04. The van der Waals surface area contributed by atoms with Crippen LogP contribution in [0.2, 0.25) is 0 Å². The number of methoxy groups -OCH3 is 1. The van der Waals surface area contributed by atoms with Crippen molar-refractivity contribution < 1.29 is 4.74 Å². The molecule has 0 amide bonds. The number of fused-ring (bicyclic) bond motifs is 3. The highest BCUT2D eigenvalue weighted by Gasteiger charge is 2.30. The zero-order valence-corrected chi connectivity index (χ0v) is 17.6. The lowest BCUT2D eigenvalue weighted by Crippen LogP contribution is -2.41. The van der Waals surface area contributed by atoms with Gasteiger partial charge in [0.05, 0.1) is 13.2 Å². The Morgan fingerprint density at radius 2 is 1.83 bits per heavy atom.